The highest BCUT2D eigenvalue weighted by atomic mass is 16.4. The molecule has 1 aromatic carbocycles. The quantitative estimate of drug-likeness (QED) is 0.716. The summed E-state index contributed by atoms with van der Waals surface area (Å²) in [6.07, 6.45) is 2.81. The zero-order valence-electron chi connectivity index (χ0n) is 11.4. The summed E-state index contributed by atoms with van der Waals surface area (Å²) in [5.41, 5.74) is 0.191. The van der Waals surface area contributed by atoms with Crippen LogP contribution < -0.4 is 0 Å². The Kier molecular flexibility index (Phi) is 3.23. The number of carboxylic acids is 1. The number of aromatic hydroxyl groups is 2. The van der Waals surface area contributed by atoms with Crippen molar-refractivity contribution < 1.29 is 24.9 Å². The lowest BCUT2D eigenvalue weighted by Crippen LogP contribution is -2.43. The number of carboxylic acid groups (broad SMARTS) is 1. The van der Waals surface area contributed by atoms with Gasteiger partial charge in [0.2, 0.25) is 0 Å². The van der Waals surface area contributed by atoms with E-state index in [-0.39, 0.29) is 28.9 Å². The molecule has 1 heterocycles. The Balaban J connectivity index is 1.89. The topological polar surface area (TPSA) is 98.1 Å². The van der Waals surface area contributed by atoms with E-state index in [0.717, 1.165) is 19.3 Å². The molecule has 0 radical (unpaired) electrons. The molecule has 1 aliphatic carbocycles. The standard InChI is InChI=1S/C15H17NO5/c17-11-5-4-8(6-12(11)18)14(19)16-7-9-2-1-3-10(9)13(16)15(20)21/h4-6,9-10,13,17-18H,1-3,7H2,(H,20,21). The van der Waals surface area contributed by atoms with E-state index in [1.54, 1.807) is 0 Å². The Bertz CT molecular complexity index is 600. The molecule has 112 valence electrons. The van der Waals surface area contributed by atoms with Gasteiger partial charge in [-0.25, -0.2) is 4.79 Å². The van der Waals surface area contributed by atoms with Crippen LogP contribution >= 0.6 is 0 Å². The maximum absolute atomic E-state index is 12.5. The summed E-state index contributed by atoms with van der Waals surface area (Å²) in [4.78, 5) is 25.4. The highest BCUT2D eigenvalue weighted by Gasteiger charge is 2.49. The Morgan fingerprint density at radius 2 is 1.90 bits per heavy atom. The fraction of sp³-hybridized carbons (Fsp3) is 0.467. The van der Waals surface area contributed by atoms with Gasteiger partial charge in [-0.1, -0.05) is 6.42 Å². The SMILES string of the molecule is O=C(O)C1C2CCCC2CN1C(=O)c1ccc(O)c(O)c1. The molecule has 3 rings (SSSR count). The minimum atomic E-state index is -0.972. The van der Waals surface area contributed by atoms with Crippen molar-refractivity contribution in [3.63, 3.8) is 0 Å². The molecule has 3 unspecified atom stereocenters. The minimum absolute atomic E-state index is 0.0251. The van der Waals surface area contributed by atoms with Crippen LogP contribution in [-0.4, -0.2) is 44.7 Å². The van der Waals surface area contributed by atoms with Gasteiger partial charge in [0, 0.05) is 12.1 Å². The normalized spacial score (nSPS) is 27.6. The monoisotopic (exact) mass is 291 g/mol. The number of likely N-dealkylation sites (tertiary alicyclic amines) is 1. The Morgan fingerprint density at radius 1 is 1.14 bits per heavy atom. The molecule has 0 spiro atoms. The van der Waals surface area contributed by atoms with Crippen LogP contribution in [0.4, 0.5) is 0 Å². The number of benzene rings is 1. The van der Waals surface area contributed by atoms with E-state index in [2.05, 4.69) is 0 Å². The number of hydrogen-bond acceptors (Lipinski definition) is 4. The lowest BCUT2D eigenvalue weighted by atomic mass is 9.94. The first-order valence-corrected chi connectivity index (χ1v) is 7.05. The van der Waals surface area contributed by atoms with E-state index in [1.165, 1.54) is 23.1 Å². The molecule has 3 atom stereocenters. The predicted molar refractivity (Wildman–Crippen MR) is 73.1 cm³/mol. The molecular formula is C15H17NO5. The van der Waals surface area contributed by atoms with Crippen molar-refractivity contribution in [2.24, 2.45) is 11.8 Å². The lowest BCUT2D eigenvalue weighted by Gasteiger charge is -2.24. The second kappa shape index (κ2) is 4.95. The van der Waals surface area contributed by atoms with Gasteiger partial charge >= 0.3 is 5.97 Å². The summed E-state index contributed by atoms with van der Waals surface area (Å²) in [6.45, 7) is 0.447. The number of aliphatic carboxylic acids is 1. The molecule has 2 aliphatic rings. The fourth-order valence-corrected chi connectivity index (χ4v) is 3.65. The van der Waals surface area contributed by atoms with Crippen LogP contribution in [0.15, 0.2) is 18.2 Å². The second-order valence-electron chi connectivity index (χ2n) is 5.80. The second-order valence-corrected chi connectivity index (χ2v) is 5.80. The maximum Gasteiger partial charge on any atom is 0.326 e. The summed E-state index contributed by atoms with van der Waals surface area (Å²) >= 11 is 0. The number of nitrogens with zero attached hydrogens (tertiary/aromatic N) is 1. The first-order chi connectivity index (χ1) is 9.99. The van der Waals surface area contributed by atoms with Gasteiger partial charge in [-0.2, -0.15) is 0 Å². The Labute approximate surface area is 121 Å². The highest BCUT2D eigenvalue weighted by Crippen LogP contribution is 2.43. The third-order valence-electron chi connectivity index (χ3n) is 4.63. The molecule has 6 nitrogen and oxygen atoms in total. The zero-order chi connectivity index (χ0) is 15.1. The molecule has 21 heavy (non-hydrogen) atoms. The van der Waals surface area contributed by atoms with Crippen LogP contribution in [0.5, 0.6) is 11.5 Å². The first-order valence-electron chi connectivity index (χ1n) is 7.05. The molecule has 1 aliphatic heterocycles. The predicted octanol–water partition coefficient (Wildman–Crippen LogP) is 1.42. The van der Waals surface area contributed by atoms with E-state index in [1.807, 2.05) is 0 Å². The van der Waals surface area contributed by atoms with Gasteiger partial charge in [0.05, 0.1) is 0 Å². The van der Waals surface area contributed by atoms with Crippen molar-refractivity contribution in [2.45, 2.75) is 25.3 Å². The Hall–Kier alpha value is -2.24. The number of phenolic OH excluding ortho intramolecular Hbond substituents is 2. The number of fused-ring (bicyclic) bond motifs is 1. The van der Waals surface area contributed by atoms with Crippen molar-refractivity contribution in [1.29, 1.82) is 0 Å². The molecule has 1 amide bonds. The molecule has 1 saturated heterocycles. The zero-order valence-corrected chi connectivity index (χ0v) is 11.4. The van der Waals surface area contributed by atoms with Crippen LogP contribution in [0.1, 0.15) is 29.6 Å². The summed E-state index contributed by atoms with van der Waals surface area (Å²) in [5, 5.41) is 28.2. The van der Waals surface area contributed by atoms with Gasteiger partial charge in [0.25, 0.3) is 5.91 Å². The summed E-state index contributed by atoms with van der Waals surface area (Å²) in [6, 6.07) is 3.01. The average molecular weight is 291 g/mol. The van der Waals surface area contributed by atoms with E-state index in [9.17, 15) is 24.9 Å². The van der Waals surface area contributed by atoms with Crippen molar-refractivity contribution >= 4 is 11.9 Å². The van der Waals surface area contributed by atoms with Crippen molar-refractivity contribution in [3.8, 4) is 11.5 Å². The van der Waals surface area contributed by atoms with Crippen LogP contribution in [-0.2, 0) is 4.79 Å². The van der Waals surface area contributed by atoms with Crippen molar-refractivity contribution in [1.82, 2.24) is 4.90 Å². The van der Waals surface area contributed by atoms with E-state index < -0.39 is 17.9 Å². The minimum Gasteiger partial charge on any atom is -0.504 e. The number of carbonyl (C=O) groups is 2. The number of rotatable bonds is 2. The number of carbonyl (C=O) groups excluding carboxylic acids is 1. The van der Waals surface area contributed by atoms with Crippen LogP contribution in [0, 0.1) is 11.8 Å². The molecule has 3 N–H and O–H groups in total. The lowest BCUT2D eigenvalue weighted by molar-refractivity contribution is -0.142. The van der Waals surface area contributed by atoms with Crippen LogP contribution in [0.25, 0.3) is 0 Å². The Morgan fingerprint density at radius 3 is 2.57 bits per heavy atom. The number of hydrogen-bond donors (Lipinski definition) is 3. The van der Waals surface area contributed by atoms with Crippen LogP contribution in [0.2, 0.25) is 0 Å². The summed E-state index contributed by atoms with van der Waals surface area (Å²) < 4.78 is 0. The summed E-state index contributed by atoms with van der Waals surface area (Å²) in [7, 11) is 0. The molecule has 1 aromatic rings. The van der Waals surface area contributed by atoms with Crippen LogP contribution in [0.3, 0.4) is 0 Å². The van der Waals surface area contributed by atoms with E-state index in [0.29, 0.717) is 6.54 Å². The highest BCUT2D eigenvalue weighted by molar-refractivity contribution is 5.97. The summed E-state index contributed by atoms with van der Waals surface area (Å²) in [5.74, 6) is -1.79. The molecule has 0 bridgehead atoms. The van der Waals surface area contributed by atoms with E-state index >= 15 is 0 Å². The van der Waals surface area contributed by atoms with Crippen molar-refractivity contribution in [3.05, 3.63) is 23.8 Å². The first kappa shape index (κ1) is 13.7. The van der Waals surface area contributed by atoms with Gasteiger partial charge in [-0.05, 0) is 42.9 Å². The smallest absolute Gasteiger partial charge is 0.326 e. The largest absolute Gasteiger partial charge is 0.504 e. The molecule has 0 aromatic heterocycles. The van der Waals surface area contributed by atoms with Gasteiger partial charge < -0.3 is 20.2 Å². The number of phenols is 2. The maximum atomic E-state index is 12.5. The van der Waals surface area contributed by atoms with E-state index in [4.69, 9.17) is 0 Å². The number of amides is 1. The fourth-order valence-electron chi connectivity index (χ4n) is 3.65. The molecule has 6 heteroatoms. The average Bonchev–Trinajstić information content (AvgIpc) is 3.00. The molecule has 1 saturated carbocycles. The van der Waals surface area contributed by atoms with Crippen molar-refractivity contribution in [2.75, 3.05) is 6.54 Å². The third kappa shape index (κ3) is 2.20. The van der Waals surface area contributed by atoms with Gasteiger partial charge in [-0.3, -0.25) is 4.79 Å². The van der Waals surface area contributed by atoms with Gasteiger partial charge in [0.1, 0.15) is 6.04 Å². The molecule has 2 fully saturated rings. The molecular weight excluding hydrogens is 274 g/mol. The van der Waals surface area contributed by atoms with Gasteiger partial charge in [-0.15, -0.1) is 0 Å². The van der Waals surface area contributed by atoms with Gasteiger partial charge in [0.15, 0.2) is 11.5 Å². The third-order valence-corrected chi connectivity index (χ3v) is 4.63.